The van der Waals surface area contributed by atoms with E-state index < -0.39 is 0 Å². The van der Waals surface area contributed by atoms with E-state index in [1.54, 1.807) is 23.1 Å². The van der Waals surface area contributed by atoms with Gasteiger partial charge in [-0.15, -0.1) is 0 Å². The van der Waals surface area contributed by atoms with Crippen molar-refractivity contribution in [3.8, 4) is 11.5 Å². The number of rotatable bonds is 9. The molecule has 1 heterocycles. The molecule has 1 fully saturated rings. The lowest BCUT2D eigenvalue weighted by atomic mass is 9.99. The topological polar surface area (TPSA) is 49.8 Å². The SMILES string of the molecule is CCCCC(CC)CN1C(=O)/C(=C/c2ccc(O)c(OCC)c2)SC1=S. The van der Waals surface area contributed by atoms with Crippen molar-refractivity contribution in [1.82, 2.24) is 4.90 Å². The molecule has 1 aliphatic rings. The molecule has 0 bridgehead atoms. The number of carbonyl (C=O) groups excluding carboxylic acids is 1. The highest BCUT2D eigenvalue weighted by Crippen LogP contribution is 2.35. The van der Waals surface area contributed by atoms with Gasteiger partial charge < -0.3 is 9.84 Å². The molecule has 0 aromatic heterocycles. The summed E-state index contributed by atoms with van der Waals surface area (Å²) in [7, 11) is 0. The Labute approximate surface area is 165 Å². The Morgan fingerprint density at radius 2 is 2.12 bits per heavy atom. The molecule has 26 heavy (non-hydrogen) atoms. The summed E-state index contributed by atoms with van der Waals surface area (Å²) in [5.41, 5.74) is 0.810. The van der Waals surface area contributed by atoms with Gasteiger partial charge in [-0.2, -0.15) is 0 Å². The van der Waals surface area contributed by atoms with E-state index in [0.717, 1.165) is 24.8 Å². The lowest BCUT2D eigenvalue weighted by molar-refractivity contribution is -0.122. The molecule has 2 rings (SSSR count). The molecule has 1 aromatic rings. The van der Waals surface area contributed by atoms with Crippen LogP contribution in [0.4, 0.5) is 0 Å². The molecule has 0 aliphatic carbocycles. The van der Waals surface area contributed by atoms with Gasteiger partial charge in [-0.25, -0.2) is 0 Å². The maximum Gasteiger partial charge on any atom is 0.266 e. The zero-order valence-corrected chi connectivity index (χ0v) is 17.3. The average Bonchev–Trinajstić information content (AvgIpc) is 2.88. The number of amides is 1. The smallest absolute Gasteiger partial charge is 0.266 e. The van der Waals surface area contributed by atoms with Gasteiger partial charge in [0.25, 0.3) is 5.91 Å². The number of ether oxygens (including phenoxy) is 1. The van der Waals surface area contributed by atoms with Crippen LogP contribution in [0.3, 0.4) is 0 Å². The predicted molar refractivity (Wildman–Crippen MR) is 112 cm³/mol. The Bertz CT molecular complexity index is 688. The minimum Gasteiger partial charge on any atom is -0.504 e. The molecule has 1 amide bonds. The third-order valence-electron chi connectivity index (χ3n) is 4.44. The molecular formula is C20H27NO3S2. The Kier molecular flexibility index (Phi) is 7.97. The Morgan fingerprint density at radius 3 is 2.77 bits per heavy atom. The normalized spacial score (nSPS) is 17.2. The van der Waals surface area contributed by atoms with Crippen molar-refractivity contribution in [3.05, 3.63) is 28.7 Å². The van der Waals surface area contributed by atoms with Crippen molar-refractivity contribution >= 4 is 40.3 Å². The Balaban J connectivity index is 2.14. The van der Waals surface area contributed by atoms with E-state index in [1.807, 2.05) is 13.0 Å². The largest absolute Gasteiger partial charge is 0.504 e. The van der Waals surface area contributed by atoms with Gasteiger partial charge in [-0.1, -0.05) is 63.2 Å². The molecule has 4 nitrogen and oxygen atoms in total. The number of hydrogen-bond acceptors (Lipinski definition) is 5. The predicted octanol–water partition coefficient (Wildman–Crippen LogP) is 5.21. The Hall–Kier alpha value is -1.53. The number of phenols is 1. The molecule has 142 valence electrons. The fourth-order valence-corrected chi connectivity index (χ4v) is 4.15. The van der Waals surface area contributed by atoms with E-state index >= 15 is 0 Å². The van der Waals surface area contributed by atoms with Crippen molar-refractivity contribution in [2.24, 2.45) is 5.92 Å². The molecule has 1 aliphatic heterocycles. The van der Waals surface area contributed by atoms with Crippen LogP contribution in [0.25, 0.3) is 6.08 Å². The minimum atomic E-state index is -0.0269. The van der Waals surface area contributed by atoms with Crippen molar-refractivity contribution in [1.29, 1.82) is 0 Å². The van der Waals surface area contributed by atoms with E-state index in [1.165, 1.54) is 18.2 Å². The van der Waals surface area contributed by atoms with E-state index in [0.29, 0.717) is 34.0 Å². The highest BCUT2D eigenvalue weighted by Gasteiger charge is 2.33. The van der Waals surface area contributed by atoms with E-state index in [9.17, 15) is 9.90 Å². The molecule has 0 saturated carbocycles. The first-order valence-electron chi connectivity index (χ1n) is 9.21. The maximum absolute atomic E-state index is 12.8. The summed E-state index contributed by atoms with van der Waals surface area (Å²) in [6, 6.07) is 5.08. The quantitative estimate of drug-likeness (QED) is 0.461. The second-order valence-electron chi connectivity index (χ2n) is 6.37. The van der Waals surface area contributed by atoms with Gasteiger partial charge in [0.2, 0.25) is 0 Å². The summed E-state index contributed by atoms with van der Waals surface area (Å²) < 4.78 is 6.03. The van der Waals surface area contributed by atoms with Crippen LogP contribution in [-0.2, 0) is 4.79 Å². The monoisotopic (exact) mass is 393 g/mol. The molecule has 1 N–H and O–H groups in total. The number of aromatic hydroxyl groups is 1. The fraction of sp³-hybridized carbons (Fsp3) is 0.500. The lowest BCUT2D eigenvalue weighted by Crippen LogP contribution is -2.33. The first-order valence-corrected chi connectivity index (χ1v) is 10.4. The summed E-state index contributed by atoms with van der Waals surface area (Å²) in [6.07, 6.45) is 6.33. The van der Waals surface area contributed by atoms with Crippen LogP contribution in [0.2, 0.25) is 0 Å². The highest BCUT2D eigenvalue weighted by atomic mass is 32.2. The second-order valence-corrected chi connectivity index (χ2v) is 8.04. The van der Waals surface area contributed by atoms with Crippen molar-refractivity contribution in [2.75, 3.05) is 13.2 Å². The van der Waals surface area contributed by atoms with E-state index in [4.69, 9.17) is 17.0 Å². The number of thioether (sulfide) groups is 1. The molecule has 0 radical (unpaired) electrons. The van der Waals surface area contributed by atoms with Gasteiger partial charge in [0.1, 0.15) is 4.32 Å². The molecular weight excluding hydrogens is 366 g/mol. The van der Waals surface area contributed by atoms with Crippen molar-refractivity contribution in [3.63, 3.8) is 0 Å². The maximum atomic E-state index is 12.8. The first kappa shape index (κ1) is 20.8. The number of hydrogen-bond donors (Lipinski definition) is 1. The zero-order chi connectivity index (χ0) is 19.1. The van der Waals surface area contributed by atoms with Gasteiger partial charge in [-0.05, 0) is 43.0 Å². The van der Waals surface area contributed by atoms with Gasteiger partial charge in [0, 0.05) is 6.54 Å². The summed E-state index contributed by atoms with van der Waals surface area (Å²) in [4.78, 5) is 15.1. The van der Waals surface area contributed by atoms with Crippen molar-refractivity contribution < 1.29 is 14.6 Å². The summed E-state index contributed by atoms with van der Waals surface area (Å²) in [5.74, 6) is 0.969. The summed E-state index contributed by atoms with van der Waals surface area (Å²) in [5, 5.41) is 9.81. The summed E-state index contributed by atoms with van der Waals surface area (Å²) in [6.45, 7) is 7.37. The van der Waals surface area contributed by atoms with Crippen LogP contribution < -0.4 is 4.74 Å². The van der Waals surface area contributed by atoms with E-state index in [-0.39, 0.29) is 11.7 Å². The number of benzene rings is 1. The first-order chi connectivity index (χ1) is 12.5. The third kappa shape index (κ3) is 5.24. The van der Waals surface area contributed by atoms with Gasteiger partial charge >= 0.3 is 0 Å². The average molecular weight is 394 g/mol. The minimum absolute atomic E-state index is 0.0269. The zero-order valence-electron chi connectivity index (χ0n) is 15.7. The fourth-order valence-electron chi connectivity index (χ4n) is 2.88. The van der Waals surface area contributed by atoms with E-state index in [2.05, 4.69) is 13.8 Å². The van der Waals surface area contributed by atoms with Crippen LogP contribution in [-0.4, -0.2) is 33.4 Å². The molecule has 0 spiro atoms. The number of thiocarbonyl (C=S) groups is 1. The van der Waals surface area contributed by atoms with Crippen LogP contribution in [0.15, 0.2) is 23.1 Å². The third-order valence-corrected chi connectivity index (χ3v) is 5.82. The van der Waals surface area contributed by atoms with Gasteiger partial charge in [0.15, 0.2) is 11.5 Å². The standard InChI is InChI=1S/C20H27NO3S2/c1-4-7-8-14(5-2)13-21-19(23)18(26-20(21)25)12-15-9-10-16(22)17(11-15)24-6-3/h9-12,14,22H,4-8,13H2,1-3H3/b18-12-. The Morgan fingerprint density at radius 1 is 1.35 bits per heavy atom. The molecule has 6 heteroatoms. The molecule has 1 unspecified atom stereocenters. The van der Waals surface area contributed by atoms with Gasteiger partial charge in [0.05, 0.1) is 11.5 Å². The number of unbranched alkanes of at least 4 members (excludes halogenated alkanes) is 1. The van der Waals surface area contributed by atoms with Crippen LogP contribution in [0.1, 0.15) is 52.0 Å². The second kappa shape index (κ2) is 9.97. The number of nitrogens with zero attached hydrogens (tertiary/aromatic N) is 1. The van der Waals surface area contributed by atoms with Gasteiger partial charge in [-0.3, -0.25) is 9.69 Å². The molecule has 1 saturated heterocycles. The number of carbonyl (C=O) groups is 1. The van der Waals surface area contributed by atoms with Crippen LogP contribution in [0, 0.1) is 5.92 Å². The number of phenolic OH excluding ortho intramolecular Hbond substituents is 1. The van der Waals surface area contributed by atoms with Crippen LogP contribution >= 0.6 is 24.0 Å². The molecule has 1 aromatic carbocycles. The highest BCUT2D eigenvalue weighted by molar-refractivity contribution is 8.26. The van der Waals surface area contributed by atoms with Crippen LogP contribution in [0.5, 0.6) is 11.5 Å². The molecule has 1 atom stereocenters. The van der Waals surface area contributed by atoms with Crippen molar-refractivity contribution in [2.45, 2.75) is 46.5 Å². The lowest BCUT2D eigenvalue weighted by Gasteiger charge is -2.21. The summed E-state index contributed by atoms with van der Waals surface area (Å²) >= 11 is 6.78.